The van der Waals surface area contributed by atoms with E-state index in [1.54, 1.807) is 0 Å². The summed E-state index contributed by atoms with van der Waals surface area (Å²) in [6.45, 7) is 0.192. The molecule has 0 bridgehead atoms. The first-order chi connectivity index (χ1) is 14.5. The summed E-state index contributed by atoms with van der Waals surface area (Å²) in [4.78, 5) is 15.6. The Hall–Kier alpha value is -0.990. The van der Waals surface area contributed by atoms with Crippen LogP contribution >= 0.6 is 11.6 Å². The van der Waals surface area contributed by atoms with Gasteiger partial charge >= 0.3 is 0 Å². The number of benzene rings is 1. The minimum Gasteiger partial charge on any atom is -0.394 e. The molecule has 1 amide bonds. The topological polar surface area (TPSA) is 89.9 Å². The van der Waals surface area contributed by atoms with Crippen molar-refractivity contribution in [2.45, 2.75) is 68.4 Å². The van der Waals surface area contributed by atoms with Crippen LogP contribution in [0.1, 0.15) is 56.6 Å². The Morgan fingerprint density at radius 1 is 1.13 bits per heavy atom. The molecule has 1 saturated heterocycles. The van der Waals surface area contributed by atoms with Crippen molar-refractivity contribution in [1.29, 1.82) is 0 Å². The fourth-order valence-corrected chi connectivity index (χ4v) is 5.82. The highest BCUT2D eigenvalue weighted by atomic mass is 35.5. The lowest BCUT2D eigenvalue weighted by molar-refractivity contribution is -0.147. The maximum absolute atomic E-state index is 13.6. The first kappa shape index (κ1) is 22.2. The number of hydrogen-bond acceptors (Lipinski definition) is 4. The summed E-state index contributed by atoms with van der Waals surface area (Å²) in [6.07, 6.45) is 5.03. The molecule has 2 aliphatic carbocycles. The zero-order chi connectivity index (χ0) is 21.3. The third-order valence-electron chi connectivity index (χ3n) is 6.54. The van der Waals surface area contributed by atoms with E-state index in [9.17, 15) is 19.2 Å². The van der Waals surface area contributed by atoms with E-state index in [2.05, 4.69) is 4.72 Å². The van der Waals surface area contributed by atoms with Crippen LogP contribution in [0.15, 0.2) is 24.3 Å². The van der Waals surface area contributed by atoms with Gasteiger partial charge in [-0.05, 0) is 68.6 Å². The molecule has 8 heteroatoms. The summed E-state index contributed by atoms with van der Waals surface area (Å²) in [6, 6.07) is 7.60. The lowest BCUT2D eigenvalue weighted by Crippen LogP contribution is -2.54. The summed E-state index contributed by atoms with van der Waals surface area (Å²) in [5.74, 6) is 0.143. The molecule has 1 heterocycles. The van der Waals surface area contributed by atoms with Crippen molar-refractivity contribution in [3.05, 3.63) is 34.9 Å². The summed E-state index contributed by atoms with van der Waals surface area (Å²) in [5.41, 5.74) is 1.06. The number of aliphatic hydroxyl groups excluding tert-OH is 2. The van der Waals surface area contributed by atoms with E-state index in [-0.39, 0.29) is 42.2 Å². The van der Waals surface area contributed by atoms with Gasteiger partial charge < -0.3 is 15.1 Å². The normalized spacial score (nSPS) is 27.7. The van der Waals surface area contributed by atoms with E-state index in [4.69, 9.17) is 11.6 Å². The summed E-state index contributed by atoms with van der Waals surface area (Å²) >= 11 is 6.08. The van der Waals surface area contributed by atoms with Crippen LogP contribution in [0.5, 0.6) is 0 Å². The Kier molecular flexibility index (Phi) is 7.15. The van der Waals surface area contributed by atoms with Crippen LogP contribution in [-0.2, 0) is 15.8 Å². The first-order valence-electron chi connectivity index (χ1n) is 11.0. The van der Waals surface area contributed by atoms with Crippen LogP contribution in [0.3, 0.4) is 0 Å². The Morgan fingerprint density at radius 2 is 1.83 bits per heavy atom. The highest BCUT2D eigenvalue weighted by molar-refractivity contribution is 7.84. The number of halogens is 1. The number of aliphatic hydroxyl groups is 2. The molecular formula is C22H31ClN2O4S. The number of nitrogens with zero attached hydrogens (tertiary/aromatic N) is 1. The molecule has 0 aromatic heterocycles. The smallest absolute Gasteiger partial charge is 0.226 e. The van der Waals surface area contributed by atoms with Crippen LogP contribution in [0.4, 0.5) is 0 Å². The number of likely N-dealkylation sites (tertiary alicyclic amines) is 1. The van der Waals surface area contributed by atoms with Gasteiger partial charge in [-0.2, -0.15) is 0 Å². The van der Waals surface area contributed by atoms with Gasteiger partial charge in [-0.25, -0.2) is 8.93 Å². The van der Waals surface area contributed by atoms with E-state index >= 15 is 0 Å². The van der Waals surface area contributed by atoms with Gasteiger partial charge in [-0.1, -0.05) is 23.7 Å². The van der Waals surface area contributed by atoms with Crippen molar-refractivity contribution < 1.29 is 19.2 Å². The molecule has 1 aromatic carbocycles. The lowest BCUT2D eigenvalue weighted by Gasteiger charge is -2.45. The van der Waals surface area contributed by atoms with E-state index in [1.807, 2.05) is 29.2 Å². The van der Waals surface area contributed by atoms with Crippen LogP contribution < -0.4 is 4.72 Å². The maximum Gasteiger partial charge on any atom is 0.226 e. The number of carbonyl (C=O) groups is 1. The average molecular weight is 455 g/mol. The minimum atomic E-state index is -1.04. The summed E-state index contributed by atoms with van der Waals surface area (Å²) < 4.78 is 15.6. The van der Waals surface area contributed by atoms with E-state index in [1.165, 1.54) is 0 Å². The minimum absolute atomic E-state index is 0.0186. The van der Waals surface area contributed by atoms with Gasteiger partial charge in [0.2, 0.25) is 5.91 Å². The number of amides is 1. The first-order valence-corrected chi connectivity index (χ1v) is 12.6. The Bertz CT molecular complexity index is 769. The number of hydrogen-bond donors (Lipinski definition) is 3. The molecule has 3 fully saturated rings. The fourth-order valence-electron chi connectivity index (χ4n) is 4.56. The van der Waals surface area contributed by atoms with E-state index in [0.29, 0.717) is 23.9 Å². The molecule has 5 atom stereocenters. The lowest BCUT2D eigenvalue weighted by atomic mass is 9.83. The predicted octanol–water partition coefficient (Wildman–Crippen LogP) is 2.56. The van der Waals surface area contributed by atoms with Crippen molar-refractivity contribution in [1.82, 2.24) is 9.62 Å². The second kappa shape index (κ2) is 9.65. The molecule has 6 nitrogen and oxygen atoms in total. The molecule has 166 valence electrons. The third-order valence-corrected chi connectivity index (χ3v) is 8.32. The Morgan fingerprint density at radius 3 is 2.43 bits per heavy atom. The Balaban J connectivity index is 1.57. The van der Waals surface area contributed by atoms with Gasteiger partial charge in [-0.3, -0.25) is 4.79 Å². The number of carbonyl (C=O) groups excluding carboxylic acids is 1. The van der Waals surface area contributed by atoms with Gasteiger partial charge in [0.05, 0.1) is 29.7 Å². The van der Waals surface area contributed by atoms with Gasteiger partial charge in [0, 0.05) is 28.8 Å². The number of nitrogens with one attached hydrogen (secondary N) is 1. The standard InChI is InChI=1S/C22H31ClN2O4S/c23-17-6-3-14(4-7-17)20-10-5-16(11-18(27)13-26)22(28)25(20)21(15-1-2-15)12-24-30(29)19-8-9-19/h3-4,6-7,15-16,18-21,24,26-27H,1-2,5,8-13H2/t16-,18?,20+,21?,30?/m1/s1. The van der Waals surface area contributed by atoms with Gasteiger partial charge in [0.15, 0.2) is 0 Å². The molecule has 3 aliphatic rings. The third kappa shape index (κ3) is 5.25. The van der Waals surface area contributed by atoms with Crippen LogP contribution in [0.25, 0.3) is 0 Å². The molecule has 1 aliphatic heterocycles. The van der Waals surface area contributed by atoms with Crippen molar-refractivity contribution in [2.24, 2.45) is 11.8 Å². The SMILES string of the molecule is O=C1[C@@H](CC(O)CO)CC[C@@H](c2ccc(Cl)cc2)N1C(CNS(=O)C1CC1)C1CC1. The van der Waals surface area contributed by atoms with E-state index in [0.717, 1.165) is 37.7 Å². The molecule has 3 N–H and O–H groups in total. The monoisotopic (exact) mass is 454 g/mol. The van der Waals surface area contributed by atoms with Crippen molar-refractivity contribution in [3.8, 4) is 0 Å². The highest BCUT2D eigenvalue weighted by Crippen LogP contribution is 2.44. The van der Waals surface area contributed by atoms with Crippen LogP contribution in [0.2, 0.25) is 5.02 Å². The zero-order valence-corrected chi connectivity index (χ0v) is 18.7. The second-order valence-electron chi connectivity index (χ2n) is 8.91. The van der Waals surface area contributed by atoms with Crippen molar-refractivity contribution >= 4 is 28.5 Å². The van der Waals surface area contributed by atoms with Crippen LogP contribution in [-0.4, -0.2) is 55.8 Å². The van der Waals surface area contributed by atoms with Crippen molar-refractivity contribution in [3.63, 3.8) is 0 Å². The molecule has 0 radical (unpaired) electrons. The molecular weight excluding hydrogens is 424 g/mol. The number of piperidine rings is 1. The van der Waals surface area contributed by atoms with Gasteiger partial charge in [0.25, 0.3) is 0 Å². The van der Waals surface area contributed by atoms with Gasteiger partial charge in [0.1, 0.15) is 0 Å². The summed E-state index contributed by atoms with van der Waals surface area (Å²) in [5, 5.41) is 20.1. The molecule has 4 rings (SSSR count). The van der Waals surface area contributed by atoms with Crippen LogP contribution in [0, 0.1) is 11.8 Å². The molecule has 3 unspecified atom stereocenters. The molecule has 0 spiro atoms. The molecule has 1 aromatic rings. The zero-order valence-electron chi connectivity index (χ0n) is 17.1. The average Bonchev–Trinajstić information content (AvgIpc) is 3.64. The van der Waals surface area contributed by atoms with Gasteiger partial charge in [-0.15, -0.1) is 0 Å². The predicted molar refractivity (Wildman–Crippen MR) is 117 cm³/mol. The highest BCUT2D eigenvalue weighted by Gasteiger charge is 2.45. The summed E-state index contributed by atoms with van der Waals surface area (Å²) in [7, 11) is -1.04. The second-order valence-corrected chi connectivity index (χ2v) is 10.9. The quantitative estimate of drug-likeness (QED) is 0.506. The van der Waals surface area contributed by atoms with Crippen molar-refractivity contribution in [2.75, 3.05) is 13.2 Å². The van der Waals surface area contributed by atoms with E-state index < -0.39 is 17.1 Å². The number of rotatable bonds is 10. The fraction of sp³-hybridized carbons (Fsp3) is 0.682. The Labute approximate surface area is 185 Å². The molecule has 30 heavy (non-hydrogen) atoms. The molecule has 2 saturated carbocycles. The largest absolute Gasteiger partial charge is 0.394 e. The maximum atomic E-state index is 13.6.